The number of fused-ring (bicyclic) bond motifs is 1. The van der Waals surface area contributed by atoms with E-state index in [1.807, 2.05) is 18.2 Å². The number of hydrogen-bond donors (Lipinski definition) is 1. The normalized spacial score (nSPS) is 13.0. The third-order valence-electron chi connectivity index (χ3n) is 3.04. The second-order valence-corrected chi connectivity index (χ2v) is 5.90. The Bertz CT molecular complexity index is 740. The fourth-order valence-electron chi connectivity index (χ4n) is 2.15. The van der Waals surface area contributed by atoms with E-state index in [0.29, 0.717) is 9.79 Å². The fourth-order valence-corrected chi connectivity index (χ4v) is 3.50. The molecule has 3 rings (SSSR count). The van der Waals surface area contributed by atoms with Gasteiger partial charge in [-0.2, -0.15) is 0 Å². The molecule has 18 heavy (non-hydrogen) atoms. The molecule has 0 amide bonds. The van der Waals surface area contributed by atoms with Gasteiger partial charge in [0.1, 0.15) is 0 Å². The van der Waals surface area contributed by atoms with Gasteiger partial charge in [0.05, 0.1) is 22.1 Å². The van der Waals surface area contributed by atoms with Crippen molar-refractivity contribution >= 4 is 46.2 Å². The lowest BCUT2D eigenvalue weighted by molar-refractivity contribution is 0.661. The number of halogens is 1. The van der Waals surface area contributed by atoms with Gasteiger partial charge in [0.25, 0.3) is 0 Å². The summed E-state index contributed by atoms with van der Waals surface area (Å²) >= 11 is 13.3. The first-order valence-electron chi connectivity index (χ1n) is 5.60. The summed E-state index contributed by atoms with van der Waals surface area (Å²) in [6, 6.07) is 10.3. The van der Waals surface area contributed by atoms with Crippen LogP contribution in [0.25, 0.3) is 11.0 Å². The summed E-state index contributed by atoms with van der Waals surface area (Å²) in [5.41, 5.74) is 1.96. The molecule has 1 N–H and O–H groups in total. The second-order valence-electron chi connectivity index (χ2n) is 4.13. The van der Waals surface area contributed by atoms with E-state index < -0.39 is 0 Å². The Balaban J connectivity index is 2.26. The number of nitrogens with one attached hydrogen (secondary N) is 1. The number of rotatable bonds is 2. The average molecular weight is 295 g/mol. The third kappa shape index (κ3) is 1.81. The SMILES string of the molecule is CC(c1cccs1)n1c(=S)[nH]c2c(Cl)cccc21. The Kier molecular flexibility index (Phi) is 3.01. The predicted molar refractivity (Wildman–Crippen MR) is 80.3 cm³/mol. The van der Waals surface area contributed by atoms with Crippen LogP contribution in [0.2, 0.25) is 5.02 Å². The summed E-state index contributed by atoms with van der Waals surface area (Å²) in [7, 11) is 0. The van der Waals surface area contributed by atoms with Gasteiger partial charge in [-0.05, 0) is 42.7 Å². The van der Waals surface area contributed by atoms with E-state index in [9.17, 15) is 0 Å². The molecule has 0 fully saturated rings. The number of H-pyrrole nitrogens is 1. The first-order valence-corrected chi connectivity index (χ1v) is 7.27. The zero-order chi connectivity index (χ0) is 12.7. The van der Waals surface area contributed by atoms with Crippen molar-refractivity contribution in [3.8, 4) is 0 Å². The molecule has 1 aromatic carbocycles. The summed E-state index contributed by atoms with van der Waals surface area (Å²) in [5.74, 6) is 0. The van der Waals surface area contributed by atoms with Gasteiger partial charge < -0.3 is 9.55 Å². The molecule has 0 aliphatic carbocycles. The van der Waals surface area contributed by atoms with Crippen LogP contribution in [-0.4, -0.2) is 9.55 Å². The molecular weight excluding hydrogens is 284 g/mol. The molecule has 2 aromatic heterocycles. The Morgan fingerprint density at radius 3 is 2.89 bits per heavy atom. The number of aromatic nitrogens is 2. The van der Waals surface area contributed by atoms with Crippen LogP contribution < -0.4 is 0 Å². The van der Waals surface area contributed by atoms with Crippen LogP contribution in [0.5, 0.6) is 0 Å². The zero-order valence-electron chi connectivity index (χ0n) is 9.68. The van der Waals surface area contributed by atoms with Crippen molar-refractivity contribution < 1.29 is 0 Å². The standard InChI is InChI=1S/C13H11ClN2S2/c1-8(11-6-3-7-18-11)16-10-5-2-4-9(14)12(10)15-13(16)17/h2-8H,1H3,(H,15,17). The summed E-state index contributed by atoms with van der Waals surface area (Å²) in [6.45, 7) is 2.15. The number of hydrogen-bond acceptors (Lipinski definition) is 2. The van der Waals surface area contributed by atoms with Crippen LogP contribution in [0.4, 0.5) is 0 Å². The Hall–Kier alpha value is -1.10. The molecule has 0 radical (unpaired) electrons. The van der Waals surface area contributed by atoms with Crippen molar-refractivity contribution in [1.82, 2.24) is 9.55 Å². The minimum absolute atomic E-state index is 0.213. The van der Waals surface area contributed by atoms with Gasteiger partial charge in [-0.15, -0.1) is 11.3 Å². The monoisotopic (exact) mass is 294 g/mol. The van der Waals surface area contributed by atoms with Gasteiger partial charge in [0.2, 0.25) is 0 Å². The number of benzene rings is 1. The number of nitrogens with zero attached hydrogens (tertiary/aromatic N) is 1. The maximum Gasteiger partial charge on any atom is 0.178 e. The van der Waals surface area contributed by atoms with Crippen LogP contribution in [0, 0.1) is 4.77 Å². The number of aromatic amines is 1. The quantitative estimate of drug-likeness (QED) is 0.658. The van der Waals surface area contributed by atoms with Gasteiger partial charge in [-0.25, -0.2) is 0 Å². The summed E-state index contributed by atoms with van der Waals surface area (Å²) in [5, 5.41) is 2.78. The molecule has 0 saturated carbocycles. The summed E-state index contributed by atoms with van der Waals surface area (Å²) < 4.78 is 2.82. The molecule has 2 heterocycles. The number of thiophene rings is 1. The fraction of sp³-hybridized carbons (Fsp3) is 0.154. The predicted octanol–water partition coefficient (Wildman–Crippen LogP) is 5.02. The lowest BCUT2D eigenvalue weighted by atomic mass is 10.2. The van der Waals surface area contributed by atoms with Crippen molar-refractivity contribution in [3.05, 3.63) is 50.4 Å². The minimum Gasteiger partial charge on any atom is -0.329 e. The first-order chi connectivity index (χ1) is 8.68. The molecular formula is C13H11ClN2S2. The van der Waals surface area contributed by atoms with E-state index in [-0.39, 0.29) is 6.04 Å². The highest BCUT2D eigenvalue weighted by atomic mass is 35.5. The lowest BCUT2D eigenvalue weighted by Gasteiger charge is -2.12. The molecule has 3 aromatic rings. The van der Waals surface area contributed by atoms with Crippen molar-refractivity contribution in [2.75, 3.05) is 0 Å². The second kappa shape index (κ2) is 4.53. The Labute approximate surface area is 119 Å². The summed E-state index contributed by atoms with van der Waals surface area (Å²) in [4.78, 5) is 4.47. The molecule has 1 atom stereocenters. The molecule has 0 aliphatic rings. The highest BCUT2D eigenvalue weighted by molar-refractivity contribution is 7.71. The third-order valence-corrected chi connectivity index (χ3v) is 4.70. The molecule has 0 saturated heterocycles. The average Bonchev–Trinajstić information content (AvgIpc) is 2.96. The van der Waals surface area contributed by atoms with Crippen molar-refractivity contribution in [2.24, 2.45) is 0 Å². The van der Waals surface area contributed by atoms with Crippen molar-refractivity contribution in [1.29, 1.82) is 0 Å². The number of imidazole rings is 1. The highest BCUT2D eigenvalue weighted by Crippen LogP contribution is 2.29. The largest absolute Gasteiger partial charge is 0.329 e. The van der Waals surface area contributed by atoms with Gasteiger partial charge in [0.15, 0.2) is 4.77 Å². The molecule has 92 valence electrons. The van der Waals surface area contributed by atoms with E-state index in [2.05, 4.69) is 34.0 Å². The van der Waals surface area contributed by atoms with Crippen LogP contribution >= 0.6 is 35.2 Å². The van der Waals surface area contributed by atoms with E-state index in [1.54, 1.807) is 11.3 Å². The molecule has 1 unspecified atom stereocenters. The van der Waals surface area contributed by atoms with Gasteiger partial charge in [0, 0.05) is 4.88 Å². The van der Waals surface area contributed by atoms with Gasteiger partial charge in [-0.3, -0.25) is 0 Å². The smallest absolute Gasteiger partial charge is 0.178 e. The maximum absolute atomic E-state index is 6.18. The Morgan fingerprint density at radius 1 is 1.33 bits per heavy atom. The van der Waals surface area contributed by atoms with Gasteiger partial charge in [-0.1, -0.05) is 23.7 Å². The number of para-hydroxylation sites is 1. The van der Waals surface area contributed by atoms with Crippen LogP contribution in [-0.2, 0) is 0 Å². The molecule has 0 spiro atoms. The maximum atomic E-state index is 6.18. The highest BCUT2D eigenvalue weighted by Gasteiger charge is 2.14. The molecule has 5 heteroatoms. The van der Waals surface area contributed by atoms with Crippen LogP contribution in [0.1, 0.15) is 17.8 Å². The van der Waals surface area contributed by atoms with Crippen LogP contribution in [0.3, 0.4) is 0 Å². The van der Waals surface area contributed by atoms with Crippen molar-refractivity contribution in [2.45, 2.75) is 13.0 Å². The van der Waals surface area contributed by atoms with E-state index in [4.69, 9.17) is 23.8 Å². The van der Waals surface area contributed by atoms with Crippen molar-refractivity contribution in [3.63, 3.8) is 0 Å². The summed E-state index contributed by atoms with van der Waals surface area (Å²) in [6.07, 6.45) is 0. The molecule has 0 aliphatic heterocycles. The lowest BCUT2D eigenvalue weighted by Crippen LogP contribution is -2.04. The van der Waals surface area contributed by atoms with Gasteiger partial charge >= 0.3 is 0 Å². The topological polar surface area (TPSA) is 20.7 Å². The van der Waals surface area contributed by atoms with E-state index in [1.165, 1.54) is 4.88 Å². The molecule has 0 bridgehead atoms. The van der Waals surface area contributed by atoms with E-state index in [0.717, 1.165) is 11.0 Å². The Morgan fingerprint density at radius 2 is 2.17 bits per heavy atom. The molecule has 2 nitrogen and oxygen atoms in total. The minimum atomic E-state index is 0.213. The first kappa shape index (κ1) is 12.0. The zero-order valence-corrected chi connectivity index (χ0v) is 12.1. The van der Waals surface area contributed by atoms with Crippen LogP contribution in [0.15, 0.2) is 35.7 Å². The van der Waals surface area contributed by atoms with E-state index >= 15 is 0 Å².